The normalized spacial score (nSPS) is 21.1. The summed E-state index contributed by atoms with van der Waals surface area (Å²) in [4.78, 5) is 11.9. The summed E-state index contributed by atoms with van der Waals surface area (Å²) in [6, 6.07) is 1.84. The molecule has 0 saturated heterocycles. The fourth-order valence-electron chi connectivity index (χ4n) is 1.90. The molecule has 2 rings (SSSR count). The molecule has 0 bridgehead atoms. The second kappa shape index (κ2) is 4.42. The fourth-order valence-corrected chi connectivity index (χ4v) is 2.30. The Kier molecular flexibility index (Phi) is 3.48. The third-order valence-electron chi connectivity index (χ3n) is 3.47. The number of hydrogen-bond acceptors (Lipinski definition) is 1. The molecule has 90 valence electrons. The quantitative estimate of drug-likeness (QED) is 0.776. The minimum atomic E-state index is -1.89. The first-order valence-corrected chi connectivity index (χ1v) is 6.16. The number of halogens is 3. The Morgan fingerprint density at radius 1 is 1.05 bits per heavy atom. The second-order valence-electron chi connectivity index (χ2n) is 4.74. The van der Waals surface area contributed by atoms with Crippen molar-refractivity contribution in [3.63, 3.8) is 0 Å². The molecule has 1 aromatic carbocycles. The van der Waals surface area contributed by atoms with Crippen molar-refractivity contribution in [3.05, 3.63) is 33.8 Å². The molecule has 1 fully saturated rings. The van der Waals surface area contributed by atoms with Crippen LogP contribution >= 0.6 is 15.9 Å². The molecule has 1 N–H and O–H groups in total. The van der Waals surface area contributed by atoms with E-state index in [-0.39, 0.29) is 4.47 Å². The second-order valence-corrected chi connectivity index (χ2v) is 5.66. The van der Waals surface area contributed by atoms with Gasteiger partial charge in [-0.2, -0.15) is 0 Å². The number of carbonyl (C=O) groups is 1. The van der Waals surface area contributed by atoms with Gasteiger partial charge in [-0.25, -0.2) is 8.78 Å². The molecule has 0 atom stereocenters. The number of amides is 1. The molecule has 0 aliphatic heterocycles. The minimum absolute atomic E-state index is 0.136. The maximum atomic E-state index is 13.6. The van der Waals surface area contributed by atoms with E-state index in [4.69, 9.17) is 39.2 Å². The number of benzene rings is 1. The van der Waals surface area contributed by atoms with Crippen LogP contribution in [0, 0.1) is 11.6 Å². The minimum Gasteiger partial charge on any atom is -0.357 e. The van der Waals surface area contributed by atoms with Crippen LogP contribution in [-0.4, -0.2) is 50.6 Å². The molecule has 10 radical (unpaired) electrons. The lowest BCUT2D eigenvalue weighted by Gasteiger charge is -2.21. The van der Waals surface area contributed by atoms with Gasteiger partial charge in [0.15, 0.2) is 0 Å². The van der Waals surface area contributed by atoms with Crippen molar-refractivity contribution < 1.29 is 13.6 Å². The smallest absolute Gasteiger partial charge is 0.256 e. The van der Waals surface area contributed by atoms with Gasteiger partial charge in [-0.3, -0.25) is 4.79 Å². The van der Waals surface area contributed by atoms with Crippen LogP contribution < -0.4 is 5.32 Å². The summed E-state index contributed by atoms with van der Waals surface area (Å²) < 4.78 is 27.4. The molecule has 0 aromatic heterocycles. The Hall–Kier alpha value is -0.645. The lowest BCUT2D eigenvalue weighted by molar-refractivity contribution is 0.0936. The predicted molar refractivity (Wildman–Crippen MR) is 78.4 cm³/mol. The van der Waals surface area contributed by atoms with Crippen molar-refractivity contribution in [2.45, 2.75) is 15.9 Å². The molecule has 1 aliphatic rings. The molecule has 1 aliphatic carbocycles. The van der Waals surface area contributed by atoms with Crippen molar-refractivity contribution in [1.82, 2.24) is 5.32 Å². The first kappa shape index (κ1) is 15.7. The zero-order valence-electron chi connectivity index (χ0n) is 10.1. The third-order valence-corrected chi connectivity index (χ3v) is 3.93. The molecule has 1 saturated carbocycles. The highest BCUT2D eigenvalue weighted by molar-refractivity contribution is 9.10. The maximum absolute atomic E-state index is 13.6. The van der Waals surface area contributed by atoms with Gasteiger partial charge in [0.25, 0.3) is 5.91 Å². The topological polar surface area (TPSA) is 29.1 Å². The van der Waals surface area contributed by atoms with Crippen LogP contribution in [0.5, 0.6) is 0 Å². The average molecular weight is 325 g/mol. The van der Waals surface area contributed by atoms with Crippen LogP contribution in [0.1, 0.15) is 10.4 Å². The molecule has 0 spiro atoms. The van der Waals surface area contributed by atoms with Crippen molar-refractivity contribution >= 4 is 61.1 Å². The van der Waals surface area contributed by atoms with Crippen LogP contribution in [0.4, 0.5) is 8.78 Å². The van der Waals surface area contributed by atoms with Crippen molar-refractivity contribution in [1.29, 1.82) is 0 Å². The zero-order chi connectivity index (χ0) is 15.5. The lowest BCUT2D eigenvalue weighted by Crippen LogP contribution is -2.43. The Bertz CT molecular complexity index is 572. The van der Waals surface area contributed by atoms with Crippen LogP contribution in [0.3, 0.4) is 0 Å². The molecule has 10 heteroatoms. The van der Waals surface area contributed by atoms with E-state index in [2.05, 4.69) is 21.2 Å². The molecule has 0 heterocycles. The predicted octanol–water partition coefficient (Wildman–Crippen LogP) is 0.242. The summed E-state index contributed by atoms with van der Waals surface area (Å²) in [6.45, 7) is 0. The van der Waals surface area contributed by atoms with E-state index in [1.165, 1.54) is 0 Å². The van der Waals surface area contributed by atoms with Gasteiger partial charge in [0.1, 0.15) is 25.0 Å². The van der Waals surface area contributed by atoms with Gasteiger partial charge in [-0.15, -0.1) is 0 Å². The van der Waals surface area contributed by atoms with Gasteiger partial charge in [-0.05, 0) is 17.6 Å². The molecular formula is C10H3B5BrF2NO. The van der Waals surface area contributed by atoms with Gasteiger partial charge in [-0.1, -0.05) is 26.4 Å². The molecular weight excluding hydrogens is 322 g/mol. The van der Waals surface area contributed by atoms with Crippen molar-refractivity contribution in [2.75, 3.05) is 0 Å². The Balaban J connectivity index is 2.32. The third kappa shape index (κ3) is 1.91. The van der Waals surface area contributed by atoms with Crippen LogP contribution in [0.25, 0.3) is 0 Å². The van der Waals surface area contributed by atoms with Crippen LogP contribution in [-0.2, 0) is 0 Å². The van der Waals surface area contributed by atoms with Gasteiger partial charge in [0.05, 0.1) is 31.4 Å². The molecule has 20 heavy (non-hydrogen) atoms. The molecule has 2 nitrogen and oxygen atoms in total. The maximum Gasteiger partial charge on any atom is 0.256 e. The fraction of sp³-hybridized carbons (Fsp3) is 0.300. The van der Waals surface area contributed by atoms with E-state index in [0.717, 1.165) is 12.1 Å². The summed E-state index contributed by atoms with van der Waals surface area (Å²) in [5.41, 5.74) is -2.72. The van der Waals surface area contributed by atoms with E-state index in [1.807, 2.05) is 0 Å². The summed E-state index contributed by atoms with van der Waals surface area (Å²) in [5.74, 6) is -3.33. The summed E-state index contributed by atoms with van der Waals surface area (Å²) >= 11 is 2.89. The number of nitrogens with one attached hydrogen (secondary N) is 1. The molecule has 1 amide bonds. The SMILES string of the molecule is [B]C1([B])C([B])([B])C1([B])NC(=O)c1c(F)cc(Br)cc1F. The van der Waals surface area contributed by atoms with E-state index in [0.29, 0.717) is 0 Å². The van der Waals surface area contributed by atoms with Crippen molar-refractivity contribution in [2.24, 2.45) is 0 Å². The highest BCUT2D eigenvalue weighted by atomic mass is 79.9. The van der Waals surface area contributed by atoms with Gasteiger partial charge < -0.3 is 5.32 Å². The van der Waals surface area contributed by atoms with Crippen LogP contribution in [0.15, 0.2) is 16.6 Å². The first-order valence-electron chi connectivity index (χ1n) is 5.37. The number of carbonyl (C=O) groups excluding carboxylic acids is 1. The Morgan fingerprint density at radius 3 is 1.80 bits per heavy atom. The highest BCUT2D eigenvalue weighted by Crippen LogP contribution is 2.74. The van der Waals surface area contributed by atoms with E-state index >= 15 is 0 Å². The zero-order valence-corrected chi connectivity index (χ0v) is 11.7. The summed E-state index contributed by atoms with van der Waals surface area (Å²) in [7, 11) is 27.8. The number of rotatable bonds is 2. The largest absolute Gasteiger partial charge is 0.357 e. The highest BCUT2D eigenvalue weighted by Gasteiger charge is 2.70. The molecule has 1 aromatic rings. The Labute approximate surface area is 130 Å². The lowest BCUT2D eigenvalue weighted by atomic mass is 9.49. The summed E-state index contributed by atoms with van der Waals surface area (Å²) in [5, 5.41) is -1.54. The molecule has 0 unspecified atom stereocenters. The Morgan fingerprint density at radius 2 is 1.45 bits per heavy atom. The average Bonchev–Trinajstić information content (AvgIpc) is 2.54. The first-order chi connectivity index (χ1) is 8.95. The van der Waals surface area contributed by atoms with Crippen molar-refractivity contribution in [3.8, 4) is 0 Å². The van der Waals surface area contributed by atoms with Gasteiger partial charge in [0, 0.05) is 4.47 Å². The van der Waals surface area contributed by atoms with Crippen LogP contribution in [0.2, 0.25) is 10.4 Å². The van der Waals surface area contributed by atoms with E-state index in [1.54, 1.807) is 0 Å². The van der Waals surface area contributed by atoms with E-state index in [9.17, 15) is 13.6 Å². The standard InChI is InChI=1S/C10H3B5BrF2NO/c11-8(12)9(13,14)10(8,15)19-7(20)6-4(17)1-3(16)2-5(6)18/h1-2H,(H,19,20). The van der Waals surface area contributed by atoms with E-state index < -0.39 is 39.0 Å². The number of hydrogen-bond donors (Lipinski definition) is 1. The monoisotopic (exact) mass is 325 g/mol. The van der Waals surface area contributed by atoms with Gasteiger partial charge in [0.2, 0.25) is 0 Å². The summed E-state index contributed by atoms with van der Waals surface area (Å²) in [6.07, 6.45) is 0. The van der Waals surface area contributed by atoms with Gasteiger partial charge >= 0.3 is 0 Å².